The van der Waals surface area contributed by atoms with Crippen molar-refractivity contribution in [1.29, 1.82) is 0 Å². The summed E-state index contributed by atoms with van der Waals surface area (Å²) in [6.45, 7) is 3.79. The van der Waals surface area contributed by atoms with Crippen molar-refractivity contribution in [3.05, 3.63) is 35.2 Å². The van der Waals surface area contributed by atoms with Gasteiger partial charge in [-0.05, 0) is 44.0 Å². The molecule has 1 aromatic heterocycles. The van der Waals surface area contributed by atoms with Crippen molar-refractivity contribution in [3.63, 3.8) is 0 Å². The van der Waals surface area contributed by atoms with Gasteiger partial charge in [0.05, 0.1) is 33.1 Å². The van der Waals surface area contributed by atoms with E-state index in [2.05, 4.69) is 16.1 Å². The van der Waals surface area contributed by atoms with Gasteiger partial charge in [-0.1, -0.05) is 18.0 Å². The van der Waals surface area contributed by atoms with Crippen molar-refractivity contribution in [2.24, 2.45) is 0 Å². The second-order valence-corrected chi connectivity index (χ2v) is 6.74. The molecule has 1 unspecified atom stereocenters. The van der Waals surface area contributed by atoms with Crippen LogP contribution >= 0.6 is 0 Å². The maximum atomic E-state index is 5.59. The summed E-state index contributed by atoms with van der Waals surface area (Å²) in [6, 6.07) is 6.35. The first-order valence-electron chi connectivity index (χ1n) is 9.12. The zero-order chi connectivity index (χ0) is 18.5. The van der Waals surface area contributed by atoms with E-state index < -0.39 is 0 Å². The molecule has 6 heteroatoms. The van der Waals surface area contributed by atoms with Crippen molar-refractivity contribution in [1.82, 2.24) is 10.1 Å². The third kappa shape index (κ3) is 3.96. The smallest absolute Gasteiger partial charge is 0.203 e. The monoisotopic (exact) mass is 360 g/mol. The van der Waals surface area contributed by atoms with Crippen molar-refractivity contribution < 1.29 is 18.7 Å². The van der Waals surface area contributed by atoms with Crippen LogP contribution in [0.5, 0.6) is 17.2 Å². The average molecular weight is 360 g/mol. The molecule has 1 aromatic carbocycles. The predicted molar refractivity (Wildman–Crippen MR) is 99.0 cm³/mol. The molecule has 2 heterocycles. The van der Waals surface area contributed by atoms with Crippen LogP contribution in [-0.2, 0) is 6.54 Å². The second-order valence-electron chi connectivity index (χ2n) is 6.74. The standard InChI is InChI=1S/C20H28N2O4/c1-14-10-17(26-21-14)16-8-6-5-7-9-22(16)13-15-11-18(23-2)20(25-4)19(12-15)24-3/h10-12,16H,5-9,13H2,1-4H3. The number of ether oxygens (including phenoxy) is 3. The Balaban J connectivity index is 1.89. The Morgan fingerprint density at radius 2 is 1.77 bits per heavy atom. The van der Waals surface area contributed by atoms with Gasteiger partial charge in [0.1, 0.15) is 0 Å². The summed E-state index contributed by atoms with van der Waals surface area (Å²) in [4.78, 5) is 2.47. The topological polar surface area (TPSA) is 57.0 Å². The van der Waals surface area contributed by atoms with E-state index in [-0.39, 0.29) is 6.04 Å². The number of aryl methyl sites for hydroxylation is 1. The van der Waals surface area contributed by atoms with E-state index in [9.17, 15) is 0 Å². The van der Waals surface area contributed by atoms with Crippen LogP contribution in [0.25, 0.3) is 0 Å². The molecule has 0 N–H and O–H groups in total. The van der Waals surface area contributed by atoms with Crippen LogP contribution in [0.1, 0.15) is 48.7 Å². The van der Waals surface area contributed by atoms with Gasteiger partial charge >= 0.3 is 0 Å². The SMILES string of the molecule is COc1cc(CN2CCCCCC2c2cc(C)no2)cc(OC)c1OC. The molecule has 0 saturated carbocycles. The molecule has 3 rings (SSSR count). The van der Waals surface area contributed by atoms with Crippen molar-refractivity contribution >= 4 is 0 Å². The number of aromatic nitrogens is 1. The number of benzene rings is 1. The quantitative estimate of drug-likeness (QED) is 0.772. The largest absolute Gasteiger partial charge is 0.493 e. The summed E-state index contributed by atoms with van der Waals surface area (Å²) in [6.07, 6.45) is 4.72. The van der Waals surface area contributed by atoms with Crippen LogP contribution in [0, 0.1) is 6.92 Å². The summed E-state index contributed by atoms with van der Waals surface area (Å²) in [7, 11) is 4.91. The number of hydrogen-bond acceptors (Lipinski definition) is 6. The highest BCUT2D eigenvalue weighted by molar-refractivity contribution is 5.53. The van der Waals surface area contributed by atoms with Gasteiger partial charge in [0.15, 0.2) is 17.3 Å². The summed E-state index contributed by atoms with van der Waals surface area (Å²) in [5, 5.41) is 4.08. The molecule has 142 valence electrons. The molecule has 1 aliphatic rings. The first-order chi connectivity index (χ1) is 12.7. The molecule has 1 atom stereocenters. The Bertz CT molecular complexity index is 703. The van der Waals surface area contributed by atoms with Gasteiger partial charge in [0, 0.05) is 12.6 Å². The second kappa shape index (κ2) is 8.45. The maximum Gasteiger partial charge on any atom is 0.203 e. The fourth-order valence-electron chi connectivity index (χ4n) is 3.68. The van der Waals surface area contributed by atoms with Gasteiger partial charge in [-0.25, -0.2) is 0 Å². The van der Waals surface area contributed by atoms with Gasteiger partial charge in [-0.3, -0.25) is 4.90 Å². The molecule has 6 nitrogen and oxygen atoms in total. The molecule has 0 amide bonds. The molecule has 26 heavy (non-hydrogen) atoms. The van der Waals surface area contributed by atoms with Crippen LogP contribution in [0.15, 0.2) is 22.7 Å². The lowest BCUT2D eigenvalue weighted by molar-refractivity contribution is 0.159. The van der Waals surface area contributed by atoms with E-state index in [4.69, 9.17) is 18.7 Å². The molecule has 0 bridgehead atoms. The van der Waals surface area contributed by atoms with Crippen molar-refractivity contribution in [3.8, 4) is 17.2 Å². The highest BCUT2D eigenvalue weighted by Crippen LogP contribution is 2.39. The molecule has 2 aromatic rings. The summed E-state index contributed by atoms with van der Waals surface area (Å²) in [5.74, 6) is 2.95. The summed E-state index contributed by atoms with van der Waals surface area (Å²) in [5.41, 5.74) is 2.06. The first-order valence-corrected chi connectivity index (χ1v) is 9.12. The lowest BCUT2D eigenvalue weighted by Gasteiger charge is -2.28. The zero-order valence-electron chi connectivity index (χ0n) is 16.1. The van der Waals surface area contributed by atoms with E-state index >= 15 is 0 Å². The number of nitrogens with zero attached hydrogens (tertiary/aromatic N) is 2. The Labute approximate surface area is 155 Å². The van der Waals surface area contributed by atoms with Gasteiger partial charge in [-0.2, -0.15) is 0 Å². The molecule has 0 spiro atoms. The lowest BCUT2D eigenvalue weighted by Crippen LogP contribution is -2.28. The molecular formula is C20H28N2O4. The van der Waals surface area contributed by atoms with Gasteiger partial charge in [0.2, 0.25) is 5.75 Å². The highest BCUT2D eigenvalue weighted by Gasteiger charge is 2.26. The molecule has 1 saturated heterocycles. The van der Waals surface area contributed by atoms with E-state index in [1.165, 1.54) is 19.3 Å². The van der Waals surface area contributed by atoms with Crippen LogP contribution in [0.4, 0.5) is 0 Å². The van der Waals surface area contributed by atoms with Crippen LogP contribution in [0.2, 0.25) is 0 Å². The van der Waals surface area contributed by atoms with E-state index in [1.807, 2.05) is 19.1 Å². The molecule has 0 aliphatic carbocycles. The van der Waals surface area contributed by atoms with Gasteiger partial charge < -0.3 is 18.7 Å². The fraction of sp³-hybridized carbons (Fsp3) is 0.550. The fourth-order valence-corrected chi connectivity index (χ4v) is 3.68. The Morgan fingerprint density at radius 3 is 2.35 bits per heavy atom. The van der Waals surface area contributed by atoms with Gasteiger partial charge in [0.25, 0.3) is 0 Å². The third-order valence-corrected chi connectivity index (χ3v) is 4.95. The van der Waals surface area contributed by atoms with E-state index in [1.54, 1.807) is 21.3 Å². The number of methoxy groups -OCH3 is 3. The lowest BCUT2D eigenvalue weighted by atomic mass is 10.1. The summed E-state index contributed by atoms with van der Waals surface area (Å²) >= 11 is 0. The predicted octanol–water partition coefficient (Wildman–Crippen LogP) is 4.13. The van der Waals surface area contributed by atoms with Crippen LogP contribution in [-0.4, -0.2) is 37.9 Å². The zero-order valence-corrected chi connectivity index (χ0v) is 16.1. The molecule has 1 aliphatic heterocycles. The molecule has 0 radical (unpaired) electrons. The minimum Gasteiger partial charge on any atom is -0.493 e. The molecular weight excluding hydrogens is 332 g/mol. The average Bonchev–Trinajstić information content (AvgIpc) is 2.95. The van der Waals surface area contributed by atoms with Crippen LogP contribution in [0.3, 0.4) is 0 Å². The van der Waals surface area contributed by atoms with E-state index in [0.717, 1.165) is 36.5 Å². The van der Waals surface area contributed by atoms with E-state index in [0.29, 0.717) is 17.2 Å². The van der Waals surface area contributed by atoms with Crippen molar-refractivity contribution in [2.75, 3.05) is 27.9 Å². The number of hydrogen-bond donors (Lipinski definition) is 0. The molecule has 1 fully saturated rings. The van der Waals surface area contributed by atoms with Crippen LogP contribution < -0.4 is 14.2 Å². The summed E-state index contributed by atoms with van der Waals surface area (Å²) < 4.78 is 22.0. The normalized spacial score (nSPS) is 18.4. The Morgan fingerprint density at radius 1 is 1.04 bits per heavy atom. The van der Waals surface area contributed by atoms with Crippen molar-refractivity contribution in [2.45, 2.75) is 45.2 Å². The number of rotatable bonds is 6. The minimum atomic E-state index is 0.248. The Hall–Kier alpha value is -2.21. The first kappa shape index (κ1) is 18.6. The number of likely N-dealkylation sites (tertiary alicyclic amines) is 1. The third-order valence-electron chi connectivity index (χ3n) is 4.95. The maximum absolute atomic E-state index is 5.59. The Kier molecular flexibility index (Phi) is 6.04. The van der Waals surface area contributed by atoms with Gasteiger partial charge in [-0.15, -0.1) is 0 Å². The minimum absolute atomic E-state index is 0.248. The highest BCUT2D eigenvalue weighted by atomic mass is 16.5.